The lowest BCUT2D eigenvalue weighted by Gasteiger charge is -2.26. The highest BCUT2D eigenvalue weighted by Gasteiger charge is 2.32. The van der Waals surface area contributed by atoms with Crippen molar-refractivity contribution >= 4 is 57.6 Å². The Morgan fingerprint density at radius 2 is 1.83 bits per heavy atom. The zero-order valence-corrected chi connectivity index (χ0v) is 21.1. The first-order valence-corrected chi connectivity index (χ1v) is 13.1. The molecule has 168 valence electrons. The molecule has 11 heteroatoms. The van der Waals surface area contributed by atoms with Crippen molar-refractivity contribution in [1.82, 2.24) is 19.8 Å². The van der Waals surface area contributed by atoms with Gasteiger partial charge in [-0.05, 0) is 19.3 Å². The smallest absolute Gasteiger partial charge is 0.225 e. The Hall–Kier alpha value is -0.270. The molecule has 1 atom stereocenters. The number of hydrogen-bond donors (Lipinski definition) is 2. The SMILES string of the molecule is CN=C(NCCS(=O)(=O)N1CCSCC1)NC1CCN(C(=O)C2CCCC2)C1.I. The topological polar surface area (TPSA) is 94.1 Å². The van der Waals surface area contributed by atoms with Crippen molar-refractivity contribution in [1.29, 1.82) is 0 Å². The van der Waals surface area contributed by atoms with E-state index < -0.39 is 10.0 Å². The number of nitrogens with one attached hydrogen (secondary N) is 2. The van der Waals surface area contributed by atoms with Crippen LogP contribution in [0, 0.1) is 5.92 Å². The number of aliphatic imine (C=N–C) groups is 1. The van der Waals surface area contributed by atoms with Crippen LogP contribution in [0.2, 0.25) is 0 Å². The first-order valence-electron chi connectivity index (χ1n) is 10.3. The summed E-state index contributed by atoms with van der Waals surface area (Å²) in [6, 6.07) is 0.160. The number of guanidine groups is 1. The monoisotopic (exact) mass is 559 g/mol. The quantitative estimate of drug-likeness (QED) is 0.286. The molecule has 0 aromatic rings. The molecule has 3 aliphatic rings. The zero-order valence-electron chi connectivity index (χ0n) is 17.1. The minimum absolute atomic E-state index is 0. The van der Waals surface area contributed by atoms with E-state index in [1.54, 1.807) is 23.1 Å². The van der Waals surface area contributed by atoms with Crippen LogP contribution in [0.5, 0.6) is 0 Å². The van der Waals surface area contributed by atoms with Gasteiger partial charge in [0.25, 0.3) is 0 Å². The Kier molecular flexibility index (Phi) is 10.3. The number of halogens is 1. The van der Waals surface area contributed by atoms with Crippen LogP contribution in [0.3, 0.4) is 0 Å². The normalized spacial score (nSPS) is 24.4. The second-order valence-corrected chi connectivity index (χ2v) is 11.0. The molecule has 8 nitrogen and oxygen atoms in total. The van der Waals surface area contributed by atoms with Gasteiger partial charge in [0.05, 0.1) is 5.75 Å². The molecule has 2 N–H and O–H groups in total. The number of carbonyl (C=O) groups is 1. The van der Waals surface area contributed by atoms with Crippen molar-refractivity contribution in [3.63, 3.8) is 0 Å². The molecule has 0 spiro atoms. The molecular weight excluding hydrogens is 525 g/mol. The first-order chi connectivity index (χ1) is 13.5. The standard InChI is InChI=1S/C18H33N5O3S2.HI/c1-19-18(20-7-13-28(25,26)23-9-11-27-12-10-23)21-16-6-8-22(14-16)17(24)15-4-2-3-5-15;/h15-16H,2-14H2,1H3,(H2,19,20,21);1H. The first kappa shape index (κ1) is 25.0. The molecule has 1 amide bonds. The maximum Gasteiger partial charge on any atom is 0.225 e. The molecule has 1 aliphatic carbocycles. The summed E-state index contributed by atoms with van der Waals surface area (Å²) in [6.45, 7) is 3.01. The average molecular weight is 560 g/mol. The highest BCUT2D eigenvalue weighted by molar-refractivity contribution is 14.0. The molecule has 0 aromatic carbocycles. The summed E-state index contributed by atoms with van der Waals surface area (Å²) >= 11 is 1.80. The summed E-state index contributed by atoms with van der Waals surface area (Å²) in [5, 5.41) is 6.46. The molecule has 3 rings (SSSR count). The highest BCUT2D eigenvalue weighted by atomic mass is 127. The Balaban J connectivity index is 0.00000300. The van der Waals surface area contributed by atoms with Gasteiger partial charge in [-0.2, -0.15) is 11.8 Å². The van der Waals surface area contributed by atoms with Gasteiger partial charge in [0.1, 0.15) is 0 Å². The van der Waals surface area contributed by atoms with Crippen LogP contribution in [-0.2, 0) is 14.8 Å². The molecule has 0 radical (unpaired) electrons. The van der Waals surface area contributed by atoms with Gasteiger partial charge in [0.2, 0.25) is 15.9 Å². The number of rotatable bonds is 6. The lowest BCUT2D eigenvalue weighted by molar-refractivity contribution is -0.134. The Bertz CT molecular complexity index is 664. The molecule has 3 fully saturated rings. The van der Waals surface area contributed by atoms with Gasteiger partial charge < -0.3 is 15.5 Å². The van der Waals surface area contributed by atoms with Crippen LogP contribution in [0.15, 0.2) is 4.99 Å². The molecule has 2 saturated heterocycles. The summed E-state index contributed by atoms with van der Waals surface area (Å²) in [5.74, 6) is 2.92. The largest absolute Gasteiger partial charge is 0.355 e. The fourth-order valence-corrected chi connectivity index (χ4v) is 6.64. The van der Waals surface area contributed by atoms with Gasteiger partial charge in [-0.15, -0.1) is 24.0 Å². The predicted molar refractivity (Wildman–Crippen MR) is 130 cm³/mol. The molecule has 0 aromatic heterocycles. The van der Waals surface area contributed by atoms with E-state index in [9.17, 15) is 13.2 Å². The summed E-state index contributed by atoms with van der Waals surface area (Å²) in [4.78, 5) is 18.7. The minimum Gasteiger partial charge on any atom is -0.355 e. The van der Waals surface area contributed by atoms with Crippen LogP contribution < -0.4 is 10.6 Å². The van der Waals surface area contributed by atoms with Gasteiger partial charge in [-0.1, -0.05) is 12.8 Å². The van der Waals surface area contributed by atoms with E-state index in [4.69, 9.17) is 0 Å². The van der Waals surface area contributed by atoms with E-state index in [0.29, 0.717) is 38.0 Å². The van der Waals surface area contributed by atoms with Gasteiger partial charge in [0, 0.05) is 63.2 Å². The number of carbonyl (C=O) groups excluding carboxylic acids is 1. The van der Waals surface area contributed by atoms with E-state index >= 15 is 0 Å². The molecule has 1 unspecified atom stereocenters. The van der Waals surface area contributed by atoms with Crippen molar-refractivity contribution in [3.8, 4) is 0 Å². The molecule has 1 saturated carbocycles. The van der Waals surface area contributed by atoms with Gasteiger partial charge in [-0.3, -0.25) is 9.79 Å². The lowest BCUT2D eigenvalue weighted by Crippen LogP contribution is -2.47. The molecule has 0 bridgehead atoms. The minimum atomic E-state index is -3.22. The Morgan fingerprint density at radius 1 is 1.14 bits per heavy atom. The van der Waals surface area contributed by atoms with Crippen molar-refractivity contribution in [2.45, 2.75) is 38.1 Å². The van der Waals surface area contributed by atoms with Crippen molar-refractivity contribution in [2.24, 2.45) is 10.9 Å². The average Bonchev–Trinajstić information content (AvgIpc) is 3.39. The fourth-order valence-electron chi connectivity index (χ4n) is 4.15. The van der Waals surface area contributed by atoms with E-state index in [0.717, 1.165) is 37.3 Å². The molecular formula is C18H34IN5O3S2. The van der Waals surface area contributed by atoms with E-state index in [2.05, 4.69) is 15.6 Å². The van der Waals surface area contributed by atoms with Crippen LogP contribution in [-0.4, -0.2) is 92.6 Å². The number of likely N-dealkylation sites (tertiary alicyclic amines) is 1. The molecule has 2 aliphatic heterocycles. The second-order valence-electron chi connectivity index (χ2n) is 7.72. The van der Waals surface area contributed by atoms with Crippen molar-refractivity contribution < 1.29 is 13.2 Å². The highest BCUT2D eigenvalue weighted by Crippen LogP contribution is 2.27. The van der Waals surface area contributed by atoms with Gasteiger partial charge >= 0.3 is 0 Å². The van der Waals surface area contributed by atoms with Gasteiger partial charge in [0.15, 0.2) is 5.96 Å². The van der Waals surface area contributed by atoms with Crippen molar-refractivity contribution in [3.05, 3.63) is 0 Å². The summed E-state index contributed by atoms with van der Waals surface area (Å²) in [6.07, 6.45) is 5.29. The number of amides is 1. The van der Waals surface area contributed by atoms with E-state index in [1.807, 2.05) is 4.90 Å². The molecule has 2 heterocycles. The third-order valence-electron chi connectivity index (χ3n) is 5.78. The third kappa shape index (κ3) is 7.13. The fraction of sp³-hybridized carbons (Fsp3) is 0.889. The zero-order chi connectivity index (χ0) is 20.0. The number of nitrogens with zero attached hydrogens (tertiary/aromatic N) is 3. The van der Waals surface area contributed by atoms with Crippen LogP contribution in [0.25, 0.3) is 0 Å². The van der Waals surface area contributed by atoms with Gasteiger partial charge in [-0.25, -0.2) is 12.7 Å². The molecule has 29 heavy (non-hydrogen) atoms. The summed E-state index contributed by atoms with van der Waals surface area (Å²) in [7, 11) is -1.54. The number of sulfonamides is 1. The van der Waals surface area contributed by atoms with Crippen LogP contribution in [0.1, 0.15) is 32.1 Å². The van der Waals surface area contributed by atoms with Crippen LogP contribution in [0.4, 0.5) is 0 Å². The summed E-state index contributed by atoms with van der Waals surface area (Å²) < 4.78 is 26.4. The maximum absolute atomic E-state index is 12.6. The number of hydrogen-bond acceptors (Lipinski definition) is 5. The van der Waals surface area contributed by atoms with E-state index in [1.165, 1.54) is 12.8 Å². The second kappa shape index (κ2) is 11.9. The Labute approximate surface area is 196 Å². The lowest BCUT2D eigenvalue weighted by atomic mass is 10.1. The van der Waals surface area contributed by atoms with E-state index in [-0.39, 0.29) is 41.7 Å². The summed E-state index contributed by atoms with van der Waals surface area (Å²) in [5.41, 5.74) is 0. The number of thioether (sulfide) groups is 1. The predicted octanol–water partition coefficient (Wildman–Crippen LogP) is 0.939. The third-order valence-corrected chi connectivity index (χ3v) is 8.60. The van der Waals surface area contributed by atoms with Crippen LogP contribution >= 0.6 is 35.7 Å². The van der Waals surface area contributed by atoms with Crippen molar-refractivity contribution in [2.75, 3.05) is 57.0 Å². The Morgan fingerprint density at radius 3 is 2.48 bits per heavy atom. The maximum atomic E-state index is 12.6.